The number of thioether (sulfide) groups is 3. The quantitative estimate of drug-likeness (QED) is 0.0214. The van der Waals surface area contributed by atoms with E-state index in [0.717, 1.165) is 40.2 Å². The Balaban J connectivity index is 1.51. The Labute approximate surface area is 876 Å². The number of aliphatic hydroxyl groups is 3. The second kappa shape index (κ2) is 63.2. The molecule has 0 saturated carbocycles. The fourth-order valence-corrected chi connectivity index (χ4v) is 18.7. The number of amides is 20. The van der Waals surface area contributed by atoms with Crippen LogP contribution in [-0.2, 0) is 115 Å². The molecule has 18 atom stereocenters. The fourth-order valence-electron chi connectivity index (χ4n) is 15.9. The smallest absolute Gasteiger partial charge is 0.257 e. The number of imidazole rings is 1. The monoisotopic (exact) mass is 2150 g/mol. The largest absolute Gasteiger partial charge is 0.394 e. The molecule has 57 heteroatoms. The van der Waals surface area contributed by atoms with Crippen molar-refractivity contribution in [3.63, 3.8) is 0 Å². The van der Waals surface area contributed by atoms with Crippen LogP contribution < -0.4 is 125 Å². The molecule has 2 aromatic rings. The van der Waals surface area contributed by atoms with Crippen molar-refractivity contribution in [1.82, 2.24) is 125 Å². The summed E-state index contributed by atoms with van der Waals surface area (Å²) >= 11 is 2.79. The Bertz CT molecular complexity index is 4920. The number of hydrogen-bond donors (Lipinski definition) is 29. The molecule has 0 radical (unpaired) electrons. The van der Waals surface area contributed by atoms with Gasteiger partial charge in [-0.2, -0.15) is 35.3 Å². The van der Waals surface area contributed by atoms with Gasteiger partial charge in [-0.1, -0.05) is 86.1 Å². The van der Waals surface area contributed by atoms with Crippen LogP contribution in [0.4, 0.5) is 0 Å². The number of nitrogens with zero attached hydrogens (tertiary/aromatic N) is 5. The average Bonchev–Trinajstić information content (AvgIpc) is 1.42. The van der Waals surface area contributed by atoms with E-state index in [0.29, 0.717) is 11.1 Å². The van der Waals surface area contributed by atoms with Crippen LogP contribution in [0.3, 0.4) is 0 Å². The van der Waals surface area contributed by atoms with E-state index in [-0.39, 0.29) is 143 Å². The van der Waals surface area contributed by atoms with Crippen molar-refractivity contribution in [2.75, 3.05) is 94.0 Å². The fraction of sp³-hybridized carbons (Fsp3) is 0.663. The number of aromatic amines is 1. The minimum Gasteiger partial charge on any atom is -0.394 e. The number of carbonyl (C=O) groups excluding carboxylic acids is 20. The predicted octanol–water partition coefficient (Wildman–Crippen LogP) is -9.66. The van der Waals surface area contributed by atoms with Crippen molar-refractivity contribution >= 4 is 165 Å². The number of carbonyl (C=O) groups is 20. The second-order valence-electron chi connectivity index (χ2n) is 38.0. The summed E-state index contributed by atoms with van der Waals surface area (Å²) in [6, 6.07) is -20.5. The highest BCUT2D eigenvalue weighted by Gasteiger charge is 2.44. The normalized spacial score (nSPS) is 25.5. The van der Waals surface area contributed by atoms with Gasteiger partial charge >= 0.3 is 0 Å². The highest BCUT2D eigenvalue weighted by Crippen LogP contribution is 2.25. The number of hydrogen-bond acceptors (Lipinski definition) is 32. The van der Waals surface area contributed by atoms with E-state index in [4.69, 9.17) is 39.5 Å². The van der Waals surface area contributed by atoms with E-state index >= 15 is 24.0 Å². The molecule has 0 spiro atoms. The lowest BCUT2D eigenvalue weighted by Crippen LogP contribution is -2.63. The first kappa shape index (κ1) is 125. The summed E-state index contributed by atoms with van der Waals surface area (Å²) in [6.07, 6.45) is 0.761. The number of rotatable bonds is 28. The van der Waals surface area contributed by atoms with Gasteiger partial charge in [0.15, 0.2) is 11.9 Å². The minimum absolute atomic E-state index is 0.00250. The molecule has 149 heavy (non-hydrogen) atoms. The summed E-state index contributed by atoms with van der Waals surface area (Å²) in [7, 11) is 0. The molecule has 1 aromatic carbocycles. The summed E-state index contributed by atoms with van der Waals surface area (Å²) in [5.74, 6) is -23.8. The molecule has 5 heterocycles. The molecule has 4 bridgehead atoms. The highest BCUT2D eigenvalue weighted by atomic mass is 32.2. The molecular weight excluding hydrogens is 2000 g/mol. The standard InChI is InChI=1S/C92H151N31O23S3/c1-11-50(8)73-89(145)109-60(34-55-36-100-43-103-55)80(136)114-65(84(140)104-52(10)74(95)130)40-147-28-22-69(127)120-44-121-46-122(45-120)71(129)24-30-149-42-67(86(142)119-118-64(39-126)83(139)112-63(38-125)81(137)107-58(31-47(2)3)78(134)110-61(32-48(4)5)90(146)123-27-14-17-68(123)87(143)105-57(77(133)117-73)16-13-26-102-92(98)99)115-79(135)59(33-53-18-20-54(35-93)21-19-53)108-82(138)62(37-124)111-76(132)56(15-12-25-101-91(96)97)106-88(144)72(49(6)7)116-85(141)66(113-75(131)51(9)94)41-148-29-23-70(121)128/h18-21,36,43,47-52,56-68,72-73,118,124-126H,11-17,22-35,37-42,44-46,93-94H2,1-10H3,(H2,95,130)(H,100,103)(H,104,140)(H,105,143)(H,106,144)(H,107,137)(H,108,138)(H,109,145)(H,110,134)(H,111,132)(H,112,139)(H,113,131)(H,114,136)(H,115,135)(H,116,141)(H,117,133)(H,119,142)(H4,96,97,101)(H4,98,99,102)/t50-,51-,52-,56-,57-,58-,59-,60-,61-,62-,63-,64-,65-,66-,67-,68-,72-,73-/m0/s1. The van der Waals surface area contributed by atoms with Crippen molar-refractivity contribution in [3.8, 4) is 0 Å². The number of aliphatic hydroxyl groups excluding tert-OH is 3. The van der Waals surface area contributed by atoms with Crippen LogP contribution in [0.5, 0.6) is 0 Å². The maximum atomic E-state index is 15.3. The van der Waals surface area contributed by atoms with E-state index in [2.05, 4.69) is 106 Å². The lowest BCUT2D eigenvalue weighted by Gasteiger charge is -2.42. The first-order chi connectivity index (χ1) is 70.6. The van der Waals surface area contributed by atoms with Crippen LogP contribution in [-0.4, -0.2) is 372 Å². The van der Waals surface area contributed by atoms with Crippen LogP contribution in [0.1, 0.15) is 163 Å². The molecule has 4 aliphatic heterocycles. The Morgan fingerprint density at radius 1 is 0.503 bits per heavy atom. The highest BCUT2D eigenvalue weighted by molar-refractivity contribution is 7.99. The lowest BCUT2D eigenvalue weighted by molar-refractivity contribution is -0.158. The topological polar surface area (TPSA) is 838 Å². The summed E-state index contributed by atoms with van der Waals surface area (Å²) in [5.41, 5.74) is 34.5. The number of aromatic nitrogens is 2. The summed E-state index contributed by atoms with van der Waals surface area (Å²) in [5, 5.41) is 89.6. The summed E-state index contributed by atoms with van der Waals surface area (Å²) < 4.78 is 0. The SMILES string of the molecule is CC[C@H](C)[C@@H]1NC(=O)[C@H](CCCNC(=N)N)NC(=O)[C@@H]2CCCN2C(=O)[C@H](CC(C)C)NC(=O)[C@H](CC(C)C)NC(=O)[C@H](CO)NC(=O)[C@H](CO)NNC(=O)[C@@H]2CSCCC(=O)N3CN(CN(C3)C(=O)CCSC[C@@H](C(=O)N[C@@H](C)C(N)=O)NC(=O)[C@H](Cc3c[nH]cn3)NC1=O)C(=O)CCSC[C@H](NC(=O)[C@H](C)N)C(=O)N[C@@H](C(C)C)C(=O)N[C@@H](CCCNC(=N)N)C(=O)N[C@@H](CO)C(=O)N[C@@H](Cc1ccc(CN)cc1)C(=O)N2. The predicted molar refractivity (Wildman–Crippen MR) is 549 cm³/mol. The van der Waals surface area contributed by atoms with Gasteiger partial charge in [0.2, 0.25) is 112 Å². The number of hydrazine groups is 1. The zero-order valence-corrected chi connectivity index (χ0v) is 88.1. The van der Waals surface area contributed by atoms with Crippen LogP contribution in [0.2, 0.25) is 0 Å². The number of nitrogens with two attached hydrogens (primary N) is 5. The van der Waals surface area contributed by atoms with Crippen LogP contribution in [0.25, 0.3) is 0 Å². The third kappa shape index (κ3) is 41.6. The molecule has 4 saturated heterocycles. The van der Waals surface area contributed by atoms with Gasteiger partial charge in [-0.3, -0.25) is 112 Å². The molecule has 54 nitrogen and oxygen atoms in total. The number of primary amides is 1. The van der Waals surface area contributed by atoms with Gasteiger partial charge in [-0.15, -0.1) is 0 Å². The molecule has 0 unspecified atom stereocenters. The van der Waals surface area contributed by atoms with Gasteiger partial charge in [0.05, 0.1) is 57.9 Å². The van der Waals surface area contributed by atoms with Gasteiger partial charge in [0.25, 0.3) is 5.91 Å². The Hall–Kier alpha value is -12.8. The summed E-state index contributed by atoms with van der Waals surface area (Å²) in [4.78, 5) is 304. The Morgan fingerprint density at radius 3 is 1.45 bits per heavy atom. The number of fused-ring (bicyclic) bond motifs is 8. The van der Waals surface area contributed by atoms with Crippen molar-refractivity contribution in [1.29, 1.82) is 10.8 Å². The number of guanidine groups is 2. The number of nitrogens with one attached hydrogen (secondary N) is 21. The van der Waals surface area contributed by atoms with Gasteiger partial charge in [0.1, 0.15) is 96.7 Å². The lowest BCUT2D eigenvalue weighted by atomic mass is 9.96. The minimum atomic E-state index is -1.94. The van der Waals surface area contributed by atoms with Crippen LogP contribution in [0.15, 0.2) is 36.8 Å². The van der Waals surface area contributed by atoms with Crippen LogP contribution in [0, 0.1) is 34.5 Å². The maximum absolute atomic E-state index is 15.3. The average molecular weight is 2160 g/mol. The molecule has 0 aliphatic carbocycles. The number of benzene rings is 1. The van der Waals surface area contributed by atoms with E-state index in [1.54, 1.807) is 79.7 Å². The Kier molecular flexibility index (Phi) is 53.0. The molecule has 20 amide bonds. The van der Waals surface area contributed by atoms with E-state index < -0.39 is 309 Å². The van der Waals surface area contributed by atoms with Crippen molar-refractivity contribution in [2.24, 2.45) is 52.3 Å². The molecule has 830 valence electrons. The van der Waals surface area contributed by atoms with Crippen molar-refractivity contribution < 1.29 is 111 Å². The first-order valence-electron chi connectivity index (χ1n) is 49.6. The third-order valence-corrected chi connectivity index (χ3v) is 27.8. The van der Waals surface area contributed by atoms with Crippen molar-refractivity contribution in [3.05, 3.63) is 53.6 Å². The maximum Gasteiger partial charge on any atom is 0.257 e. The van der Waals surface area contributed by atoms with E-state index in [9.17, 15) is 87.2 Å². The molecule has 4 aliphatic rings. The van der Waals surface area contributed by atoms with Gasteiger partial charge in [-0.05, 0) is 100 Å². The zero-order chi connectivity index (χ0) is 111. The van der Waals surface area contributed by atoms with Crippen molar-refractivity contribution in [2.45, 2.75) is 268 Å². The molecular formula is C92H151N31O23S3. The second-order valence-corrected chi connectivity index (χ2v) is 41.5. The zero-order valence-electron chi connectivity index (χ0n) is 85.7. The molecule has 4 fully saturated rings. The third-order valence-electron chi connectivity index (χ3n) is 24.6. The first-order valence-corrected chi connectivity index (χ1v) is 53.0. The molecule has 34 N–H and O–H groups in total. The van der Waals surface area contributed by atoms with Gasteiger partial charge < -0.3 is 154 Å². The van der Waals surface area contributed by atoms with Gasteiger partial charge in [-0.25, -0.2) is 10.4 Å². The number of H-pyrrole nitrogens is 1. The van der Waals surface area contributed by atoms with Gasteiger partial charge in [0, 0.05) is 99.0 Å². The molecule has 6 rings (SSSR count). The Morgan fingerprint density at radius 2 is 0.946 bits per heavy atom. The van der Waals surface area contributed by atoms with E-state index in [1.165, 1.54) is 41.1 Å². The molecule has 1 aromatic heterocycles. The van der Waals surface area contributed by atoms with E-state index in [1.807, 2.05) is 0 Å². The van der Waals surface area contributed by atoms with Crippen LogP contribution >= 0.6 is 35.3 Å². The summed E-state index contributed by atoms with van der Waals surface area (Å²) in [6.45, 7) is 11.1.